The minimum atomic E-state index is -0.789. The number of carbonyl (C=O) groups is 2. The first-order chi connectivity index (χ1) is 10.1. The fourth-order valence-electron chi connectivity index (χ4n) is 3.44. The van der Waals surface area contributed by atoms with Gasteiger partial charge in [-0.05, 0) is 37.8 Å². The molecule has 3 rings (SSSR count). The molecule has 0 aromatic carbocycles. The molecule has 6 heteroatoms. The highest BCUT2D eigenvalue weighted by molar-refractivity contribution is 5.79. The number of fused-ring (bicyclic) bond motifs is 2. The maximum absolute atomic E-state index is 12.3. The largest absolute Gasteiger partial charge is 0.481 e. The van der Waals surface area contributed by atoms with E-state index in [1.807, 2.05) is 19.1 Å². The first kappa shape index (κ1) is 13.9. The molecule has 0 saturated carbocycles. The number of carbonyl (C=O) groups excluding carboxylic acids is 1. The van der Waals surface area contributed by atoms with Gasteiger partial charge in [-0.3, -0.25) is 9.78 Å². The number of hydrogen-bond donors (Lipinski definition) is 2. The van der Waals surface area contributed by atoms with Gasteiger partial charge in [0.2, 0.25) is 0 Å². The van der Waals surface area contributed by atoms with Gasteiger partial charge in [-0.15, -0.1) is 0 Å². The van der Waals surface area contributed by atoms with Crippen molar-refractivity contribution in [3.05, 3.63) is 29.6 Å². The number of aryl methyl sites for hydroxylation is 1. The van der Waals surface area contributed by atoms with Gasteiger partial charge >= 0.3 is 12.0 Å². The van der Waals surface area contributed by atoms with Gasteiger partial charge in [0, 0.05) is 30.5 Å². The van der Waals surface area contributed by atoms with Crippen LogP contribution in [0.3, 0.4) is 0 Å². The maximum Gasteiger partial charge on any atom is 0.318 e. The topological polar surface area (TPSA) is 82.5 Å². The molecule has 0 aliphatic carbocycles. The van der Waals surface area contributed by atoms with Crippen LogP contribution in [0, 0.1) is 12.8 Å². The average Bonchev–Trinajstić information content (AvgIpc) is 3.04. The Bertz CT molecular complexity index is 558. The quantitative estimate of drug-likeness (QED) is 0.884. The van der Waals surface area contributed by atoms with Crippen molar-refractivity contribution in [1.29, 1.82) is 0 Å². The molecule has 21 heavy (non-hydrogen) atoms. The second-order valence-corrected chi connectivity index (χ2v) is 5.85. The molecular weight excluding hydrogens is 270 g/mol. The Morgan fingerprint density at radius 3 is 2.86 bits per heavy atom. The Morgan fingerprint density at radius 1 is 1.43 bits per heavy atom. The summed E-state index contributed by atoms with van der Waals surface area (Å²) in [5, 5.41) is 12.1. The van der Waals surface area contributed by atoms with E-state index in [1.165, 1.54) is 0 Å². The van der Waals surface area contributed by atoms with Crippen LogP contribution in [0.5, 0.6) is 0 Å². The summed E-state index contributed by atoms with van der Waals surface area (Å²) in [6, 6.07) is 3.60. The molecule has 0 radical (unpaired) electrons. The van der Waals surface area contributed by atoms with Crippen LogP contribution in [0.4, 0.5) is 4.79 Å². The van der Waals surface area contributed by atoms with Gasteiger partial charge in [0.05, 0.1) is 5.92 Å². The molecule has 2 amide bonds. The molecule has 2 fully saturated rings. The van der Waals surface area contributed by atoms with E-state index in [1.54, 1.807) is 11.1 Å². The third-order valence-corrected chi connectivity index (χ3v) is 4.50. The van der Waals surface area contributed by atoms with Crippen LogP contribution in [0.25, 0.3) is 0 Å². The van der Waals surface area contributed by atoms with E-state index in [2.05, 4.69) is 10.3 Å². The summed E-state index contributed by atoms with van der Waals surface area (Å²) < 4.78 is 0. The standard InChI is InChI=1S/C15H19N3O3/c1-9-2-3-10(7-16-9)8-17-15(21)18-11-4-5-13(18)12(6-11)14(19)20/h2-3,7,11-13H,4-6,8H2,1H3,(H,17,21)(H,19,20). The molecule has 2 saturated heterocycles. The lowest BCUT2D eigenvalue weighted by atomic mass is 9.89. The first-order valence-corrected chi connectivity index (χ1v) is 7.27. The fourth-order valence-corrected chi connectivity index (χ4v) is 3.44. The van der Waals surface area contributed by atoms with Crippen LogP contribution in [0.1, 0.15) is 30.5 Å². The fraction of sp³-hybridized carbons (Fsp3) is 0.533. The third kappa shape index (κ3) is 2.57. The van der Waals surface area contributed by atoms with Gasteiger partial charge in [0.15, 0.2) is 0 Å². The second-order valence-electron chi connectivity index (χ2n) is 5.85. The molecule has 2 bridgehead atoms. The van der Waals surface area contributed by atoms with Gasteiger partial charge in [-0.1, -0.05) is 6.07 Å². The van der Waals surface area contributed by atoms with E-state index < -0.39 is 11.9 Å². The summed E-state index contributed by atoms with van der Waals surface area (Å²) in [6.07, 6.45) is 4.03. The minimum absolute atomic E-state index is 0.0762. The van der Waals surface area contributed by atoms with Gasteiger partial charge in [-0.2, -0.15) is 0 Å². The van der Waals surface area contributed by atoms with Gasteiger partial charge in [0.25, 0.3) is 0 Å². The smallest absolute Gasteiger partial charge is 0.318 e. The number of hydrogen-bond acceptors (Lipinski definition) is 3. The van der Waals surface area contributed by atoms with E-state index in [0.29, 0.717) is 13.0 Å². The number of pyridine rings is 1. The van der Waals surface area contributed by atoms with Crippen LogP contribution in [-0.2, 0) is 11.3 Å². The number of carboxylic acids is 1. The number of carboxylic acid groups (broad SMARTS) is 1. The van der Waals surface area contributed by atoms with Crippen molar-refractivity contribution in [2.24, 2.45) is 5.92 Å². The lowest BCUT2D eigenvalue weighted by molar-refractivity contribution is -0.142. The third-order valence-electron chi connectivity index (χ3n) is 4.50. The summed E-state index contributed by atoms with van der Waals surface area (Å²) in [5.74, 6) is -1.20. The SMILES string of the molecule is Cc1ccc(CNC(=O)N2C3CCC2C(C(=O)O)C3)cn1. The summed E-state index contributed by atoms with van der Waals surface area (Å²) >= 11 is 0. The zero-order valence-electron chi connectivity index (χ0n) is 12.0. The average molecular weight is 289 g/mol. The zero-order valence-corrected chi connectivity index (χ0v) is 12.0. The number of aromatic nitrogens is 1. The molecule has 3 unspecified atom stereocenters. The number of urea groups is 1. The summed E-state index contributed by atoms with van der Waals surface area (Å²) in [7, 11) is 0. The van der Waals surface area contributed by atoms with E-state index >= 15 is 0 Å². The molecule has 0 spiro atoms. The molecule has 2 aliphatic rings. The predicted octanol–water partition coefficient (Wildman–Crippen LogP) is 1.54. The van der Waals surface area contributed by atoms with E-state index in [9.17, 15) is 14.7 Å². The van der Waals surface area contributed by atoms with Crippen molar-refractivity contribution < 1.29 is 14.7 Å². The minimum Gasteiger partial charge on any atom is -0.481 e. The predicted molar refractivity (Wildman–Crippen MR) is 75.6 cm³/mol. The number of rotatable bonds is 3. The Balaban J connectivity index is 1.61. The van der Waals surface area contributed by atoms with Crippen molar-refractivity contribution in [3.8, 4) is 0 Å². The van der Waals surface area contributed by atoms with Crippen LogP contribution in [0.2, 0.25) is 0 Å². The van der Waals surface area contributed by atoms with Crippen LogP contribution >= 0.6 is 0 Å². The monoisotopic (exact) mass is 289 g/mol. The maximum atomic E-state index is 12.3. The Morgan fingerprint density at radius 2 is 2.24 bits per heavy atom. The Hall–Kier alpha value is -2.11. The highest BCUT2D eigenvalue weighted by Crippen LogP contribution is 2.41. The lowest BCUT2D eigenvalue weighted by Crippen LogP contribution is -2.44. The molecule has 112 valence electrons. The molecule has 1 aromatic rings. The molecule has 1 aromatic heterocycles. The molecule has 2 aliphatic heterocycles. The number of nitrogens with one attached hydrogen (secondary N) is 1. The van der Waals surface area contributed by atoms with E-state index in [4.69, 9.17) is 0 Å². The number of nitrogens with zero attached hydrogens (tertiary/aromatic N) is 2. The van der Waals surface area contributed by atoms with Crippen molar-refractivity contribution in [2.45, 2.75) is 44.8 Å². The van der Waals surface area contributed by atoms with Crippen molar-refractivity contribution in [2.75, 3.05) is 0 Å². The van der Waals surface area contributed by atoms with Crippen LogP contribution in [0.15, 0.2) is 18.3 Å². The lowest BCUT2D eigenvalue weighted by Gasteiger charge is -2.23. The normalized spacial score (nSPS) is 26.9. The Kier molecular flexibility index (Phi) is 3.53. The van der Waals surface area contributed by atoms with Crippen molar-refractivity contribution in [3.63, 3.8) is 0 Å². The van der Waals surface area contributed by atoms with Gasteiger partial charge < -0.3 is 15.3 Å². The zero-order chi connectivity index (χ0) is 15.0. The molecule has 2 N–H and O–H groups in total. The van der Waals surface area contributed by atoms with E-state index in [-0.39, 0.29) is 18.1 Å². The highest BCUT2D eigenvalue weighted by Gasteiger charge is 2.51. The van der Waals surface area contributed by atoms with Crippen molar-refractivity contribution >= 4 is 12.0 Å². The van der Waals surface area contributed by atoms with Crippen molar-refractivity contribution in [1.82, 2.24) is 15.2 Å². The first-order valence-electron chi connectivity index (χ1n) is 7.27. The number of amides is 2. The molecule has 3 atom stereocenters. The van der Waals surface area contributed by atoms with E-state index in [0.717, 1.165) is 24.1 Å². The molecule has 6 nitrogen and oxygen atoms in total. The summed E-state index contributed by atoms with van der Waals surface area (Å²) in [5.41, 5.74) is 1.88. The summed E-state index contributed by atoms with van der Waals surface area (Å²) in [6.45, 7) is 2.33. The Labute approximate surface area is 123 Å². The summed E-state index contributed by atoms with van der Waals surface area (Å²) in [4.78, 5) is 29.4. The van der Waals surface area contributed by atoms with Gasteiger partial charge in [0.1, 0.15) is 0 Å². The van der Waals surface area contributed by atoms with Crippen LogP contribution in [-0.4, -0.2) is 39.1 Å². The van der Waals surface area contributed by atoms with Gasteiger partial charge in [-0.25, -0.2) is 4.79 Å². The second kappa shape index (κ2) is 5.35. The number of aliphatic carboxylic acids is 1. The van der Waals surface area contributed by atoms with Crippen LogP contribution < -0.4 is 5.32 Å². The molecule has 3 heterocycles. The molecular formula is C15H19N3O3. The highest BCUT2D eigenvalue weighted by atomic mass is 16.4.